The molecule has 29 heavy (non-hydrogen) atoms. The lowest BCUT2D eigenvalue weighted by Crippen LogP contribution is -2.12. The molecule has 11 nitrogen and oxygen atoms in total. The molecule has 0 spiro atoms. The number of carbonyl (C=O) groups excluding carboxylic acids is 1. The van der Waals surface area contributed by atoms with Crippen LogP contribution >= 0.6 is 0 Å². The maximum atomic E-state index is 12.4. The summed E-state index contributed by atoms with van der Waals surface area (Å²) in [5.74, 6) is -2.08. The van der Waals surface area contributed by atoms with E-state index in [2.05, 4.69) is 9.97 Å². The number of aromatic nitrogens is 2. The molecule has 0 fully saturated rings. The summed E-state index contributed by atoms with van der Waals surface area (Å²) in [6, 6.07) is 5.76. The lowest BCUT2D eigenvalue weighted by Gasteiger charge is -2.12. The second-order valence-electron chi connectivity index (χ2n) is 5.67. The molecule has 0 amide bonds. The van der Waals surface area contributed by atoms with Gasteiger partial charge in [0, 0.05) is 11.2 Å². The quantitative estimate of drug-likeness (QED) is 0.167. The number of nitrogen functional groups attached to an aromatic ring is 1. The molecule has 0 aliphatic heterocycles. The minimum absolute atomic E-state index is 0.0641. The molecule has 1 aromatic carbocycles. The molecule has 0 bridgehead atoms. The predicted octanol–water partition coefficient (Wildman–Crippen LogP) is 2.33. The molecule has 1 heterocycles. The molecule has 1 aromatic heterocycles. The van der Waals surface area contributed by atoms with Crippen molar-refractivity contribution in [3.8, 4) is 17.7 Å². The van der Waals surface area contributed by atoms with Crippen LogP contribution < -0.4 is 10.5 Å². The van der Waals surface area contributed by atoms with E-state index in [0.717, 1.165) is 6.42 Å². The van der Waals surface area contributed by atoms with E-state index in [1.807, 2.05) is 13.0 Å². The number of nitriles is 1. The number of nitro groups is 1. The van der Waals surface area contributed by atoms with Crippen molar-refractivity contribution in [1.82, 2.24) is 9.97 Å². The number of unbranched alkanes of at least 4 members (excludes halogenated alkanes) is 1. The number of hydrogen-bond acceptors (Lipinski definition) is 10. The Morgan fingerprint density at radius 2 is 2.14 bits per heavy atom. The second-order valence-corrected chi connectivity index (χ2v) is 6.94. The minimum atomic E-state index is -1.70. The third-order valence-electron chi connectivity index (χ3n) is 3.57. The third kappa shape index (κ3) is 5.31. The fraction of sp³-hybridized carbons (Fsp3) is 0.294. The standard InChI is InChI=1S/C17H17N5O6S/c1-3-4-7-27-16(23)11-6-5-10(9-18)8-12(11)28-15-13(22(24)25)14(19)20-17(21-15)29(2)26/h5-6,8H,3-4,7H2,1-2H3,(H2,19,20,21). The first-order valence-corrected chi connectivity index (χ1v) is 9.88. The molecule has 12 heteroatoms. The van der Waals surface area contributed by atoms with Gasteiger partial charge in [-0.1, -0.05) is 13.3 Å². The summed E-state index contributed by atoms with van der Waals surface area (Å²) in [5, 5.41) is 20.2. The van der Waals surface area contributed by atoms with Crippen LogP contribution in [0.2, 0.25) is 0 Å². The molecule has 1 unspecified atom stereocenters. The van der Waals surface area contributed by atoms with Crippen LogP contribution in [0.15, 0.2) is 23.4 Å². The van der Waals surface area contributed by atoms with Crippen LogP contribution in [-0.2, 0) is 15.9 Å². The highest BCUT2D eigenvalue weighted by molar-refractivity contribution is 7.90. The minimum Gasteiger partial charge on any atom is -0.609 e. The molecule has 1 atom stereocenters. The molecule has 0 radical (unpaired) electrons. The zero-order chi connectivity index (χ0) is 21.6. The van der Waals surface area contributed by atoms with Crippen LogP contribution in [0.5, 0.6) is 11.6 Å². The molecule has 2 N–H and O–H groups in total. The van der Waals surface area contributed by atoms with Gasteiger partial charge in [-0.2, -0.15) is 10.2 Å². The van der Waals surface area contributed by atoms with Crippen LogP contribution in [0.25, 0.3) is 0 Å². The first kappa shape index (κ1) is 21.9. The van der Waals surface area contributed by atoms with E-state index in [1.54, 1.807) is 0 Å². The average molecular weight is 419 g/mol. The smallest absolute Gasteiger partial charge is 0.373 e. The largest absolute Gasteiger partial charge is 0.609 e. The zero-order valence-electron chi connectivity index (χ0n) is 15.6. The van der Waals surface area contributed by atoms with Gasteiger partial charge in [0.15, 0.2) is 0 Å². The van der Waals surface area contributed by atoms with Gasteiger partial charge in [0.25, 0.3) is 0 Å². The molecular formula is C17H17N5O6S. The van der Waals surface area contributed by atoms with Crippen molar-refractivity contribution in [2.24, 2.45) is 0 Å². The summed E-state index contributed by atoms with van der Waals surface area (Å²) in [7, 11) is 0. The summed E-state index contributed by atoms with van der Waals surface area (Å²) in [6.45, 7) is 2.10. The van der Waals surface area contributed by atoms with Crippen molar-refractivity contribution in [2.45, 2.75) is 24.9 Å². The number of anilines is 1. The summed E-state index contributed by atoms with van der Waals surface area (Å²) >= 11 is -1.70. The summed E-state index contributed by atoms with van der Waals surface area (Å²) in [6.07, 6.45) is 2.72. The molecule has 152 valence electrons. The van der Waals surface area contributed by atoms with Crippen LogP contribution in [0.1, 0.15) is 35.7 Å². The fourth-order valence-electron chi connectivity index (χ4n) is 2.14. The summed E-state index contributed by atoms with van der Waals surface area (Å²) in [5.41, 5.74) is 4.91. The monoisotopic (exact) mass is 419 g/mol. The highest BCUT2D eigenvalue weighted by atomic mass is 32.2. The number of hydrogen-bond donors (Lipinski definition) is 1. The van der Waals surface area contributed by atoms with Crippen molar-refractivity contribution < 1.29 is 23.7 Å². The summed E-state index contributed by atoms with van der Waals surface area (Å²) in [4.78, 5) is 30.3. The topological polar surface area (TPSA) is 177 Å². The first-order chi connectivity index (χ1) is 13.8. The molecule has 2 rings (SSSR count). The summed E-state index contributed by atoms with van der Waals surface area (Å²) < 4.78 is 22.3. The van der Waals surface area contributed by atoms with Gasteiger partial charge in [-0.25, -0.2) is 4.79 Å². The van der Waals surface area contributed by atoms with Crippen molar-refractivity contribution in [3.63, 3.8) is 0 Å². The average Bonchev–Trinajstić information content (AvgIpc) is 2.67. The third-order valence-corrected chi connectivity index (χ3v) is 4.26. The van der Waals surface area contributed by atoms with Gasteiger partial charge in [0.05, 0.1) is 23.2 Å². The van der Waals surface area contributed by atoms with Gasteiger partial charge in [-0.05, 0) is 24.6 Å². The van der Waals surface area contributed by atoms with Gasteiger partial charge in [-0.3, -0.25) is 10.1 Å². The number of ether oxygens (including phenoxy) is 2. The molecule has 2 aromatic rings. The molecular weight excluding hydrogens is 402 g/mol. The van der Waals surface area contributed by atoms with Gasteiger partial charge < -0.3 is 19.8 Å². The van der Waals surface area contributed by atoms with E-state index >= 15 is 0 Å². The molecule has 0 aliphatic rings. The number of carbonyl (C=O) groups is 1. The number of benzene rings is 1. The second kappa shape index (κ2) is 9.67. The Balaban J connectivity index is 2.54. The van der Waals surface area contributed by atoms with Crippen molar-refractivity contribution in [3.05, 3.63) is 39.4 Å². The van der Waals surface area contributed by atoms with Crippen LogP contribution in [0.3, 0.4) is 0 Å². The Morgan fingerprint density at radius 3 is 2.72 bits per heavy atom. The highest BCUT2D eigenvalue weighted by Crippen LogP contribution is 2.36. The van der Waals surface area contributed by atoms with E-state index in [1.165, 1.54) is 24.5 Å². The zero-order valence-corrected chi connectivity index (χ0v) is 16.4. The predicted molar refractivity (Wildman–Crippen MR) is 102 cm³/mol. The lowest BCUT2D eigenvalue weighted by molar-refractivity contribution is -0.385. The fourth-order valence-corrected chi connectivity index (χ4v) is 2.58. The Hall–Kier alpha value is -3.43. The van der Waals surface area contributed by atoms with Crippen LogP contribution in [0, 0.1) is 21.4 Å². The van der Waals surface area contributed by atoms with Crippen LogP contribution in [-0.4, -0.2) is 38.3 Å². The van der Waals surface area contributed by atoms with Crippen LogP contribution in [0.4, 0.5) is 11.5 Å². The van der Waals surface area contributed by atoms with Crippen molar-refractivity contribution in [1.29, 1.82) is 5.26 Å². The van der Waals surface area contributed by atoms with Gasteiger partial charge in [0.2, 0.25) is 5.82 Å². The molecule has 0 aliphatic carbocycles. The van der Waals surface area contributed by atoms with Gasteiger partial charge in [-0.15, -0.1) is 4.98 Å². The Kier molecular flexibility index (Phi) is 7.29. The number of nitrogens with two attached hydrogens (primary N) is 1. The highest BCUT2D eigenvalue weighted by Gasteiger charge is 2.29. The maximum absolute atomic E-state index is 12.4. The van der Waals surface area contributed by atoms with E-state index in [-0.39, 0.29) is 28.6 Å². The molecule has 0 saturated carbocycles. The van der Waals surface area contributed by atoms with E-state index < -0.39 is 39.5 Å². The Morgan fingerprint density at radius 1 is 1.41 bits per heavy atom. The van der Waals surface area contributed by atoms with Crippen molar-refractivity contribution >= 4 is 28.7 Å². The van der Waals surface area contributed by atoms with Gasteiger partial charge >= 0.3 is 22.7 Å². The number of rotatable bonds is 8. The molecule has 0 saturated heterocycles. The van der Waals surface area contributed by atoms with E-state index in [4.69, 9.17) is 20.5 Å². The Bertz CT molecular complexity index is 976. The lowest BCUT2D eigenvalue weighted by atomic mass is 10.1. The first-order valence-electron chi connectivity index (χ1n) is 8.32. The SMILES string of the molecule is CCCCOC(=O)c1ccc(C#N)cc1Oc1nc([S+](C)[O-])nc(N)c1[N+](=O)[O-]. The van der Waals surface area contributed by atoms with E-state index in [0.29, 0.717) is 6.42 Å². The number of nitrogens with zero attached hydrogens (tertiary/aromatic N) is 4. The maximum Gasteiger partial charge on any atom is 0.373 e. The van der Waals surface area contributed by atoms with Gasteiger partial charge in [0.1, 0.15) is 17.6 Å². The number of esters is 1. The normalized spacial score (nSPS) is 11.4. The Labute approximate surface area is 168 Å². The van der Waals surface area contributed by atoms with E-state index in [9.17, 15) is 19.5 Å². The van der Waals surface area contributed by atoms with Crippen molar-refractivity contribution in [2.75, 3.05) is 18.6 Å².